The van der Waals surface area contributed by atoms with Crippen molar-refractivity contribution in [3.8, 4) is 0 Å². The van der Waals surface area contributed by atoms with Crippen molar-refractivity contribution in [1.29, 1.82) is 0 Å². The standard InChI is InChI=1S/C15H21NO4S/c1-4-20-14(17)15(2)9-10-16(11-15)12-5-7-13(8-6-12)21(3,18)19/h5-8H,4,9-11H2,1-3H3. The van der Waals surface area contributed by atoms with Gasteiger partial charge in [-0.15, -0.1) is 0 Å². The van der Waals surface area contributed by atoms with Gasteiger partial charge in [-0.2, -0.15) is 0 Å². The van der Waals surface area contributed by atoms with E-state index in [0.717, 1.165) is 18.7 Å². The summed E-state index contributed by atoms with van der Waals surface area (Å²) in [5.74, 6) is -0.166. The van der Waals surface area contributed by atoms with Crippen LogP contribution in [0.3, 0.4) is 0 Å². The highest BCUT2D eigenvalue weighted by Crippen LogP contribution is 2.34. The van der Waals surface area contributed by atoms with Gasteiger partial charge in [0.05, 0.1) is 16.9 Å². The molecule has 1 aromatic carbocycles. The molecule has 1 unspecified atom stereocenters. The zero-order chi connectivity index (χ0) is 15.7. The van der Waals surface area contributed by atoms with Crippen LogP contribution in [-0.2, 0) is 19.4 Å². The summed E-state index contributed by atoms with van der Waals surface area (Å²) in [5, 5.41) is 0. The van der Waals surface area contributed by atoms with E-state index in [-0.39, 0.29) is 5.97 Å². The van der Waals surface area contributed by atoms with Crippen molar-refractivity contribution in [3.05, 3.63) is 24.3 Å². The van der Waals surface area contributed by atoms with Crippen LogP contribution in [0.1, 0.15) is 20.3 Å². The Morgan fingerprint density at radius 3 is 2.48 bits per heavy atom. The molecule has 21 heavy (non-hydrogen) atoms. The third-order valence-electron chi connectivity index (χ3n) is 3.87. The van der Waals surface area contributed by atoms with Crippen molar-refractivity contribution in [2.75, 3.05) is 30.9 Å². The molecule has 0 N–H and O–H groups in total. The predicted molar refractivity (Wildman–Crippen MR) is 81.1 cm³/mol. The van der Waals surface area contributed by atoms with Gasteiger partial charge in [-0.3, -0.25) is 4.79 Å². The number of esters is 1. The number of hydrogen-bond acceptors (Lipinski definition) is 5. The SMILES string of the molecule is CCOC(=O)C1(C)CCN(c2ccc(S(C)(=O)=O)cc2)C1. The molecule has 0 amide bonds. The topological polar surface area (TPSA) is 63.7 Å². The molecule has 0 bridgehead atoms. The lowest BCUT2D eigenvalue weighted by Crippen LogP contribution is -2.33. The molecule has 1 aliphatic rings. The lowest BCUT2D eigenvalue weighted by atomic mass is 9.90. The third-order valence-corrected chi connectivity index (χ3v) is 5.00. The van der Waals surface area contributed by atoms with Crippen LogP contribution in [0.5, 0.6) is 0 Å². The summed E-state index contributed by atoms with van der Waals surface area (Å²) in [4.78, 5) is 14.4. The summed E-state index contributed by atoms with van der Waals surface area (Å²) >= 11 is 0. The van der Waals surface area contributed by atoms with Gasteiger partial charge < -0.3 is 9.64 Å². The fourth-order valence-electron chi connectivity index (χ4n) is 2.56. The second-order valence-corrected chi connectivity index (χ2v) is 7.73. The Balaban J connectivity index is 2.13. The average Bonchev–Trinajstić information content (AvgIpc) is 2.82. The molecule has 5 nitrogen and oxygen atoms in total. The number of carbonyl (C=O) groups excluding carboxylic acids is 1. The number of carbonyl (C=O) groups is 1. The van der Waals surface area contributed by atoms with Crippen LogP contribution in [0.15, 0.2) is 29.2 Å². The van der Waals surface area contributed by atoms with Gasteiger partial charge in [-0.25, -0.2) is 8.42 Å². The highest BCUT2D eigenvalue weighted by molar-refractivity contribution is 7.90. The first kappa shape index (κ1) is 15.8. The Kier molecular flexibility index (Phi) is 4.27. The van der Waals surface area contributed by atoms with Gasteiger partial charge >= 0.3 is 5.97 Å². The first-order valence-electron chi connectivity index (χ1n) is 6.98. The Morgan fingerprint density at radius 2 is 1.95 bits per heavy atom. The van der Waals surface area contributed by atoms with Crippen molar-refractivity contribution >= 4 is 21.5 Å². The summed E-state index contributed by atoms with van der Waals surface area (Å²) < 4.78 is 28.0. The molecule has 1 saturated heterocycles. The van der Waals surface area contributed by atoms with Gasteiger partial charge in [0.25, 0.3) is 0 Å². The Labute approximate surface area is 125 Å². The second kappa shape index (κ2) is 5.67. The molecular weight excluding hydrogens is 290 g/mol. The predicted octanol–water partition coefficient (Wildman–Crippen LogP) is 1.87. The van der Waals surface area contributed by atoms with E-state index in [4.69, 9.17) is 4.74 Å². The minimum atomic E-state index is -3.18. The monoisotopic (exact) mass is 311 g/mol. The molecular formula is C15H21NO4S. The van der Waals surface area contributed by atoms with Crippen molar-refractivity contribution < 1.29 is 17.9 Å². The number of sulfone groups is 1. The van der Waals surface area contributed by atoms with Gasteiger partial charge in [0.1, 0.15) is 0 Å². The highest BCUT2D eigenvalue weighted by atomic mass is 32.2. The van der Waals surface area contributed by atoms with E-state index in [1.807, 2.05) is 6.92 Å². The number of ether oxygens (including phenoxy) is 1. The number of rotatable bonds is 4. The van der Waals surface area contributed by atoms with Crippen LogP contribution < -0.4 is 4.90 Å². The highest BCUT2D eigenvalue weighted by Gasteiger charge is 2.41. The van der Waals surface area contributed by atoms with E-state index < -0.39 is 15.3 Å². The van der Waals surface area contributed by atoms with Crippen LogP contribution in [0.4, 0.5) is 5.69 Å². The second-order valence-electron chi connectivity index (χ2n) is 5.72. The fraction of sp³-hybridized carbons (Fsp3) is 0.533. The Hall–Kier alpha value is -1.56. The minimum Gasteiger partial charge on any atom is -0.466 e. The molecule has 0 saturated carbocycles. The van der Waals surface area contributed by atoms with Crippen molar-refractivity contribution in [1.82, 2.24) is 0 Å². The smallest absolute Gasteiger partial charge is 0.313 e. The molecule has 2 rings (SSSR count). The molecule has 0 aliphatic carbocycles. The molecule has 1 aromatic rings. The van der Waals surface area contributed by atoms with Gasteiger partial charge in [0, 0.05) is 25.0 Å². The normalized spacial score (nSPS) is 22.3. The summed E-state index contributed by atoms with van der Waals surface area (Å²) in [5.41, 5.74) is 0.432. The molecule has 0 radical (unpaired) electrons. The quantitative estimate of drug-likeness (QED) is 0.794. The summed E-state index contributed by atoms with van der Waals surface area (Å²) in [6.07, 6.45) is 1.93. The maximum absolute atomic E-state index is 12.0. The lowest BCUT2D eigenvalue weighted by molar-refractivity contribution is -0.153. The van der Waals surface area contributed by atoms with Crippen LogP contribution in [0.25, 0.3) is 0 Å². The number of nitrogens with zero attached hydrogens (tertiary/aromatic N) is 1. The molecule has 6 heteroatoms. The molecule has 0 aromatic heterocycles. The van der Waals surface area contributed by atoms with E-state index in [1.165, 1.54) is 6.26 Å². The average molecular weight is 311 g/mol. The summed E-state index contributed by atoms with van der Waals surface area (Å²) in [6, 6.07) is 6.77. The molecule has 1 atom stereocenters. The third kappa shape index (κ3) is 3.37. The lowest BCUT2D eigenvalue weighted by Gasteiger charge is -2.23. The minimum absolute atomic E-state index is 0.166. The van der Waals surface area contributed by atoms with Gasteiger partial charge in [-0.1, -0.05) is 0 Å². The summed E-state index contributed by atoms with van der Waals surface area (Å²) in [7, 11) is -3.18. The van der Waals surface area contributed by atoms with Gasteiger partial charge in [0.2, 0.25) is 0 Å². The van der Waals surface area contributed by atoms with E-state index in [2.05, 4.69) is 4.90 Å². The first-order valence-corrected chi connectivity index (χ1v) is 8.88. The largest absolute Gasteiger partial charge is 0.466 e. The number of hydrogen-bond donors (Lipinski definition) is 0. The van der Waals surface area contributed by atoms with E-state index in [0.29, 0.717) is 18.0 Å². The molecule has 1 fully saturated rings. The molecule has 116 valence electrons. The van der Waals surface area contributed by atoms with Gasteiger partial charge in [-0.05, 0) is 44.5 Å². The first-order chi connectivity index (χ1) is 9.76. The zero-order valence-corrected chi connectivity index (χ0v) is 13.4. The summed E-state index contributed by atoms with van der Waals surface area (Å²) in [6.45, 7) is 5.45. The van der Waals surface area contributed by atoms with Crippen molar-refractivity contribution in [2.45, 2.75) is 25.2 Å². The van der Waals surface area contributed by atoms with Crippen molar-refractivity contribution in [3.63, 3.8) is 0 Å². The maximum atomic E-state index is 12.0. The van der Waals surface area contributed by atoms with Crippen LogP contribution in [-0.4, -0.2) is 40.3 Å². The van der Waals surface area contributed by atoms with E-state index in [1.54, 1.807) is 31.2 Å². The van der Waals surface area contributed by atoms with Crippen LogP contribution in [0.2, 0.25) is 0 Å². The van der Waals surface area contributed by atoms with Crippen molar-refractivity contribution in [2.24, 2.45) is 5.41 Å². The van der Waals surface area contributed by atoms with Crippen LogP contribution >= 0.6 is 0 Å². The Morgan fingerprint density at radius 1 is 1.33 bits per heavy atom. The molecule has 1 heterocycles. The number of anilines is 1. The fourth-order valence-corrected chi connectivity index (χ4v) is 3.19. The van der Waals surface area contributed by atoms with Crippen LogP contribution in [0, 0.1) is 5.41 Å². The zero-order valence-electron chi connectivity index (χ0n) is 12.6. The van der Waals surface area contributed by atoms with Gasteiger partial charge in [0.15, 0.2) is 9.84 Å². The number of benzene rings is 1. The maximum Gasteiger partial charge on any atom is 0.313 e. The van der Waals surface area contributed by atoms with E-state index >= 15 is 0 Å². The van der Waals surface area contributed by atoms with E-state index in [9.17, 15) is 13.2 Å². The molecule has 0 spiro atoms. The Bertz CT molecular complexity index is 624. The molecule has 1 aliphatic heterocycles.